The molecule has 0 aromatic heterocycles. The average molecular weight is 469 g/mol. The molecular weight excluding hydrogens is 442 g/mol. The molecule has 2 amide bonds. The van der Waals surface area contributed by atoms with Gasteiger partial charge in [-0.3, -0.25) is 10.1 Å². The van der Waals surface area contributed by atoms with Crippen molar-refractivity contribution >= 4 is 23.4 Å². The van der Waals surface area contributed by atoms with E-state index in [1.807, 2.05) is 6.92 Å². The molecule has 1 heterocycles. The Kier molecular flexibility index (Phi) is 7.72. The summed E-state index contributed by atoms with van der Waals surface area (Å²) in [4.78, 5) is 37.3. The summed E-state index contributed by atoms with van der Waals surface area (Å²) in [5.41, 5.74) is 0.526. The molecular formula is C24H27N3O7. The van der Waals surface area contributed by atoms with Crippen molar-refractivity contribution < 1.29 is 28.7 Å². The van der Waals surface area contributed by atoms with Crippen LogP contribution in [0, 0.1) is 10.1 Å². The first kappa shape index (κ1) is 24.6. The minimum atomic E-state index is -1.18. The standard InChI is InChI=1S/C24H27N3O7/c1-5-11-33-19-12-16(17(27(30)31)13-18(19)32-4)22-20(23(28)34-14(2)3)21(25-24(29)26-22)15-9-7-6-8-10-15/h6-10,12-14,22H,5,11H2,1-4H3,(H2,25,26,29). The molecule has 3 rings (SSSR count). The number of carbonyl (C=O) groups excluding carboxylic acids is 2. The molecule has 1 unspecified atom stereocenters. The van der Waals surface area contributed by atoms with Crippen LogP contribution in [-0.4, -0.2) is 36.7 Å². The van der Waals surface area contributed by atoms with Gasteiger partial charge in [-0.25, -0.2) is 9.59 Å². The molecule has 0 fully saturated rings. The van der Waals surface area contributed by atoms with Crippen LogP contribution in [0.2, 0.25) is 0 Å². The van der Waals surface area contributed by atoms with Gasteiger partial charge >= 0.3 is 12.0 Å². The number of esters is 1. The number of benzene rings is 2. The lowest BCUT2D eigenvalue weighted by Gasteiger charge is -2.30. The first-order valence-electron chi connectivity index (χ1n) is 10.8. The zero-order chi connectivity index (χ0) is 24.8. The van der Waals surface area contributed by atoms with Crippen molar-refractivity contribution in [3.8, 4) is 11.5 Å². The summed E-state index contributed by atoms with van der Waals surface area (Å²) in [6.07, 6.45) is 0.244. The van der Waals surface area contributed by atoms with Crippen LogP contribution in [0.3, 0.4) is 0 Å². The van der Waals surface area contributed by atoms with E-state index in [4.69, 9.17) is 14.2 Å². The number of nitrogens with zero attached hydrogens (tertiary/aromatic N) is 1. The summed E-state index contributed by atoms with van der Waals surface area (Å²) >= 11 is 0. The highest BCUT2D eigenvalue weighted by Crippen LogP contribution is 2.42. The van der Waals surface area contributed by atoms with Crippen molar-refractivity contribution in [1.82, 2.24) is 10.6 Å². The third-order valence-corrected chi connectivity index (χ3v) is 4.98. The fourth-order valence-corrected chi connectivity index (χ4v) is 3.57. The topological polar surface area (TPSA) is 129 Å². The van der Waals surface area contributed by atoms with Gasteiger partial charge in [-0.1, -0.05) is 37.3 Å². The normalized spacial score (nSPS) is 15.4. The largest absolute Gasteiger partial charge is 0.493 e. The highest BCUT2D eigenvalue weighted by atomic mass is 16.6. The maximum atomic E-state index is 13.2. The summed E-state index contributed by atoms with van der Waals surface area (Å²) in [5, 5.41) is 17.3. The van der Waals surface area contributed by atoms with Gasteiger partial charge in [-0.2, -0.15) is 0 Å². The number of urea groups is 1. The molecule has 0 aliphatic carbocycles. The van der Waals surface area contributed by atoms with E-state index in [1.54, 1.807) is 44.2 Å². The second kappa shape index (κ2) is 10.7. The molecule has 0 spiro atoms. The van der Waals surface area contributed by atoms with Crippen molar-refractivity contribution in [1.29, 1.82) is 0 Å². The van der Waals surface area contributed by atoms with Crippen LogP contribution in [0.25, 0.3) is 5.70 Å². The number of ether oxygens (including phenoxy) is 3. The second-order valence-electron chi connectivity index (χ2n) is 7.81. The van der Waals surface area contributed by atoms with Crippen molar-refractivity contribution in [2.75, 3.05) is 13.7 Å². The predicted molar refractivity (Wildman–Crippen MR) is 124 cm³/mol. The number of hydrogen-bond donors (Lipinski definition) is 2. The Labute approximate surface area is 197 Å². The molecule has 1 aliphatic rings. The maximum absolute atomic E-state index is 13.2. The summed E-state index contributed by atoms with van der Waals surface area (Å²) in [5.74, 6) is -0.286. The number of rotatable bonds is 9. The summed E-state index contributed by atoms with van der Waals surface area (Å²) in [6.45, 7) is 5.65. The maximum Gasteiger partial charge on any atom is 0.338 e. The first-order chi connectivity index (χ1) is 16.3. The smallest absolute Gasteiger partial charge is 0.338 e. The quantitative estimate of drug-likeness (QED) is 0.321. The number of amides is 2. The van der Waals surface area contributed by atoms with E-state index < -0.39 is 29.1 Å². The molecule has 180 valence electrons. The zero-order valence-corrected chi connectivity index (χ0v) is 19.4. The van der Waals surface area contributed by atoms with E-state index in [-0.39, 0.29) is 34.0 Å². The van der Waals surface area contributed by atoms with Gasteiger partial charge < -0.3 is 24.8 Å². The Morgan fingerprint density at radius 2 is 1.88 bits per heavy atom. The van der Waals surface area contributed by atoms with Crippen LogP contribution in [-0.2, 0) is 9.53 Å². The van der Waals surface area contributed by atoms with Gasteiger partial charge in [-0.05, 0) is 31.9 Å². The van der Waals surface area contributed by atoms with E-state index >= 15 is 0 Å². The lowest BCUT2D eigenvalue weighted by atomic mass is 9.91. The third-order valence-electron chi connectivity index (χ3n) is 4.98. The van der Waals surface area contributed by atoms with Crippen molar-refractivity contribution in [3.63, 3.8) is 0 Å². The molecule has 2 N–H and O–H groups in total. The first-order valence-corrected chi connectivity index (χ1v) is 10.8. The Morgan fingerprint density at radius 1 is 1.18 bits per heavy atom. The molecule has 1 aliphatic heterocycles. The van der Waals surface area contributed by atoms with Crippen LogP contribution in [0.5, 0.6) is 11.5 Å². The molecule has 0 bridgehead atoms. The van der Waals surface area contributed by atoms with Crippen LogP contribution in [0.4, 0.5) is 10.5 Å². The van der Waals surface area contributed by atoms with Gasteiger partial charge in [0.05, 0.1) is 53.7 Å². The summed E-state index contributed by atoms with van der Waals surface area (Å²) in [7, 11) is 1.38. The summed E-state index contributed by atoms with van der Waals surface area (Å²) < 4.78 is 16.5. The van der Waals surface area contributed by atoms with Crippen LogP contribution in [0.1, 0.15) is 44.4 Å². The van der Waals surface area contributed by atoms with Gasteiger partial charge in [-0.15, -0.1) is 0 Å². The Morgan fingerprint density at radius 3 is 2.47 bits per heavy atom. The molecule has 0 radical (unpaired) electrons. The van der Waals surface area contributed by atoms with Gasteiger partial charge in [0.2, 0.25) is 0 Å². The van der Waals surface area contributed by atoms with E-state index in [2.05, 4.69) is 10.6 Å². The number of nitro benzene ring substituents is 1. The Hall–Kier alpha value is -4.08. The molecule has 2 aromatic rings. The predicted octanol–water partition coefficient (Wildman–Crippen LogP) is 4.11. The minimum Gasteiger partial charge on any atom is -0.493 e. The molecule has 10 nitrogen and oxygen atoms in total. The summed E-state index contributed by atoms with van der Waals surface area (Å²) in [6, 6.07) is 9.60. The van der Waals surface area contributed by atoms with Gasteiger partial charge in [0.1, 0.15) is 0 Å². The van der Waals surface area contributed by atoms with E-state index in [1.165, 1.54) is 19.2 Å². The van der Waals surface area contributed by atoms with Crippen LogP contribution < -0.4 is 20.1 Å². The molecule has 0 saturated heterocycles. The van der Waals surface area contributed by atoms with Crippen molar-refractivity contribution in [2.24, 2.45) is 0 Å². The number of carbonyl (C=O) groups is 2. The highest BCUT2D eigenvalue weighted by Gasteiger charge is 2.39. The fraction of sp³-hybridized carbons (Fsp3) is 0.333. The zero-order valence-electron chi connectivity index (χ0n) is 19.4. The Bertz CT molecular complexity index is 1110. The van der Waals surface area contributed by atoms with Crippen molar-refractivity contribution in [2.45, 2.75) is 39.3 Å². The van der Waals surface area contributed by atoms with E-state index in [9.17, 15) is 19.7 Å². The molecule has 0 saturated carbocycles. The molecule has 2 aromatic carbocycles. The monoisotopic (exact) mass is 469 g/mol. The lowest BCUT2D eigenvalue weighted by molar-refractivity contribution is -0.385. The number of hydrogen-bond acceptors (Lipinski definition) is 7. The van der Waals surface area contributed by atoms with Gasteiger partial charge in [0.15, 0.2) is 11.5 Å². The van der Waals surface area contributed by atoms with Crippen LogP contribution >= 0.6 is 0 Å². The third kappa shape index (κ3) is 5.28. The number of nitrogens with one attached hydrogen (secondary N) is 2. The Balaban J connectivity index is 2.29. The fourth-order valence-electron chi connectivity index (χ4n) is 3.57. The molecule has 10 heteroatoms. The highest BCUT2D eigenvalue weighted by molar-refractivity contribution is 6.05. The lowest BCUT2D eigenvalue weighted by Crippen LogP contribution is -2.45. The second-order valence-corrected chi connectivity index (χ2v) is 7.81. The van der Waals surface area contributed by atoms with Gasteiger partial charge in [0, 0.05) is 0 Å². The minimum absolute atomic E-state index is 0.0363. The molecule has 34 heavy (non-hydrogen) atoms. The average Bonchev–Trinajstić information content (AvgIpc) is 2.81. The van der Waals surface area contributed by atoms with Gasteiger partial charge in [0.25, 0.3) is 5.69 Å². The van der Waals surface area contributed by atoms with Crippen molar-refractivity contribution in [3.05, 3.63) is 69.3 Å². The number of nitro groups is 1. The van der Waals surface area contributed by atoms with Crippen LogP contribution in [0.15, 0.2) is 48.0 Å². The SMILES string of the molecule is CCCOc1cc(C2NC(=O)NC(c3ccccc3)=C2C(=O)OC(C)C)c([N+](=O)[O-])cc1OC. The molecule has 1 atom stereocenters. The van der Waals surface area contributed by atoms with E-state index in [0.29, 0.717) is 18.6 Å². The van der Waals surface area contributed by atoms with E-state index in [0.717, 1.165) is 0 Å². The number of methoxy groups -OCH3 is 1.